The molecule has 0 saturated carbocycles. The van der Waals surface area contributed by atoms with E-state index in [0.717, 1.165) is 24.3 Å². The molecule has 3 aromatic rings. The number of hydrogen-bond acceptors (Lipinski definition) is 3. The van der Waals surface area contributed by atoms with Crippen molar-refractivity contribution in [3.63, 3.8) is 0 Å². The smallest absolute Gasteiger partial charge is 0.406 e. The highest BCUT2D eigenvalue weighted by molar-refractivity contribution is 6.06. The van der Waals surface area contributed by atoms with E-state index < -0.39 is 41.2 Å². The molecule has 0 aromatic heterocycles. The van der Waals surface area contributed by atoms with Crippen LogP contribution in [0.1, 0.15) is 31.8 Å². The van der Waals surface area contributed by atoms with Gasteiger partial charge in [-0.05, 0) is 48.0 Å². The van der Waals surface area contributed by atoms with Crippen LogP contribution in [-0.2, 0) is 12.7 Å². The predicted octanol–water partition coefficient (Wildman–Crippen LogP) is 5.79. The minimum atomic E-state index is -4.81. The van der Waals surface area contributed by atoms with Gasteiger partial charge in [-0.3, -0.25) is 9.59 Å². The van der Waals surface area contributed by atoms with Crippen molar-refractivity contribution >= 4 is 17.5 Å². The Balaban J connectivity index is 1.64. The Hall–Kier alpha value is -4.02. The molecule has 11 heteroatoms. The fourth-order valence-corrected chi connectivity index (χ4v) is 2.96. The summed E-state index contributed by atoms with van der Waals surface area (Å²) in [6.07, 6.45) is -9.53. The van der Waals surface area contributed by atoms with Crippen LogP contribution in [0.3, 0.4) is 0 Å². The summed E-state index contributed by atoms with van der Waals surface area (Å²) in [5, 5.41) is 4.90. The van der Waals surface area contributed by atoms with Crippen LogP contribution in [0.2, 0.25) is 0 Å². The van der Waals surface area contributed by atoms with E-state index in [0.29, 0.717) is 5.56 Å². The van der Waals surface area contributed by atoms with E-state index in [2.05, 4.69) is 15.4 Å². The normalized spacial score (nSPS) is 11.6. The number of hydrogen-bond donors (Lipinski definition) is 2. The molecule has 0 aliphatic heterocycles. The maximum absolute atomic E-state index is 13.1. The molecule has 5 nitrogen and oxygen atoms in total. The number of carbonyl (C=O) groups is 2. The summed E-state index contributed by atoms with van der Waals surface area (Å²) < 4.78 is 79.8. The number of anilines is 1. The quantitative estimate of drug-likeness (QED) is 0.438. The molecule has 178 valence electrons. The second-order valence-electron chi connectivity index (χ2n) is 6.95. The number of amides is 2. The van der Waals surface area contributed by atoms with E-state index in [1.807, 2.05) is 0 Å². The van der Waals surface area contributed by atoms with Gasteiger partial charge in [0, 0.05) is 17.8 Å². The average molecular weight is 482 g/mol. The Labute approximate surface area is 189 Å². The Kier molecular flexibility index (Phi) is 7.14. The Morgan fingerprint density at radius 2 is 1.47 bits per heavy atom. The Morgan fingerprint density at radius 3 is 2.12 bits per heavy atom. The predicted molar refractivity (Wildman–Crippen MR) is 110 cm³/mol. The van der Waals surface area contributed by atoms with Gasteiger partial charge in [0.25, 0.3) is 11.8 Å². The maximum Gasteiger partial charge on any atom is 0.573 e. The van der Waals surface area contributed by atoms with Gasteiger partial charge in [-0.15, -0.1) is 13.2 Å². The van der Waals surface area contributed by atoms with Crippen molar-refractivity contribution in [2.24, 2.45) is 0 Å². The number of halogens is 6. The first kappa shape index (κ1) is 24.6. The zero-order chi connectivity index (χ0) is 24.9. The summed E-state index contributed by atoms with van der Waals surface area (Å²) in [7, 11) is 0. The third-order valence-corrected chi connectivity index (χ3v) is 4.47. The van der Waals surface area contributed by atoms with Gasteiger partial charge in [0.15, 0.2) is 0 Å². The molecule has 0 aliphatic carbocycles. The molecular weight excluding hydrogens is 466 g/mol. The first-order valence-corrected chi connectivity index (χ1v) is 9.63. The molecule has 0 radical (unpaired) electrons. The van der Waals surface area contributed by atoms with Gasteiger partial charge in [-0.25, -0.2) is 0 Å². The van der Waals surface area contributed by atoms with E-state index in [4.69, 9.17) is 0 Å². The Bertz CT molecular complexity index is 1170. The monoisotopic (exact) mass is 482 g/mol. The van der Waals surface area contributed by atoms with Crippen LogP contribution in [0.5, 0.6) is 5.75 Å². The van der Waals surface area contributed by atoms with Crippen molar-refractivity contribution in [3.05, 3.63) is 95.1 Å². The number of benzene rings is 3. The highest BCUT2D eigenvalue weighted by Crippen LogP contribution is 2.32. The summed E-state index contributed by atoms with van der Waals surface area (Å²) in [6.45, 7) is -0.0132. The standard InChI is InChI=1S/C23H16F6N2O3/c24-22(25,26)19-7-2-1-6-18(19)21(33)31-16-5-3-4-15(12-16)20(32)30-13-14-8-10-17(11-9-14)34-23(27,28)29/h1-12H,13H2,(H,30,32)(H,31,33). The lowest BCUT2D eigenvalue weighted by Crippen LogP contribution is -2.23. The number of ether oxygens (including phenoxy) is 1. The van der Waals surface area contributed by atoms with Gasteiger partial charge in [0.1, 0.15) is 5.75 Å². The maximum atomic E-state index is 13.1. The van der Waals surface area contributed by atoms with E-state index >= 15 is 0 Å². The third kappa shape index (κ3) is 6.74. The van der Waals surface area contributed by atoms with Crippen molar-refractivity contribution in [1.29, 1.82) is 0 Å². The first-order chi connectivity index (χ1) is 15.9. The molecule has 2 N–H and O–H groups in total. The molecule has 0 heterocycles. The molecule has 0 atom stereocenters. The summed E-state index contributed by atoms with van der Waals surface area (Å²) in [6, 6.07) is 14.7. The lowest BCUT2D eigenvalue weighted by molar-refractivity contribution is -0.274. The zero-order valence-electron chi connectivity index (χ0n) is 17.1. The highest BCUT2D eigenvalue weighted by Gasteiger charge is 2.35. The fraction of sp³-hybridized carbons (Fsp3) is 0.130. The molecule has 2 amide bonds. The van der Waals surface area contributed by atoms with E-state index in [9.17, 15) is 35.9 Å². The molecular formula is C23H16F6N2O3. The largest absolute Gasteiger partial charge is 0.573 e. The molecule has 34 heavy (non-hydrogen) atoms. The number of carbonyl (C=O) groups excluding carboxylic acids is 2. The SMILES string of the molecule is O=C(NCc1ccc(OC(F)(F)F)cc1)c1cccc(NC(=O)c2ccccc2C(F)(F)F)c1. The van der Waals surface area contributed by atoms with Gasteiger partial charge in [-0.2, -0.15) is 13.2 Å². The average Bonchev–Trinajstić information content (AvgIpc) is 2.77. The van der Waals surface area contributed by atoms with E-state index in [1.165, 1.54) is 48.5 Å². The summed E-state index contributed by atoms with van der Waals surface area (Å²) in [5.74, 6) is -1.97. The van der Waals surface area contributed by atoms with Crippen LogP contribution in [0, 0.1) is 0 Å². The fourth-order valence-electron chi connectivity index (χ4n) is 2.96. The van der Waals surface area contributed by atoms with Gasteiger partial charge < -0.3 is 15.4 Å². The number of nitrogens with one attached hydrogen (secondary N) is 2. The van der Waals surface area contributed by atoms with Crippen LogP contribution in [0.4, 0.5) is 32.0 Å². The van der Waals surface area contributed by atoms with Crippen molar-refractivity contribution in [3.8, 4) is 5.75 Å². The van der Waals surface area contributed by atoms with E-state index in [-0.39, 0.29) is 17.8 Å². The van der Waals surface area contributed by atoms with Crippen LogP contribution in [0.25, 0.3) is 0 Å². The van der Waals surface area contributed by atoms with Crippen LogP contribution < -0.4 is 15.4 Å². The minimum Gasteiger partial charge on any atom is -0.406 e. The van der Waals surface area contributed by atoms with Crippen LogP contribution >= 0.6 is 0 Å². The summed E-state index contributed by atoms with van der Waals surface area (Å²) in [4.78, 5) is 24.8. The molecule has 0 saturated heterocycles. The second-order valence-corrected chi connectivity index (χ2v) is 6.95. The summed E-state index contributed by atoms with van der Waals surface area (Å²) in [5.41, 5.74) is -0.950. The van der Waals surface area contributed by atoms with Crippen LogP contribution in [0.15, 0.2) is 72.8 Å². The van der Waals surface area contributed by atoms with Gasteiger partial charge in [0.2, 0.25) is 0 Å². The van der Waals surface area contributed by atoms with Crippen molar-refractivity contribution in [2.75, 3.05) is 5.32 Å². The topological polar surface area (TPSA) is 67.4 Å². The van der Waals surface area contributed by atoms with Gasteiger partial charge in [0.05, 0.1) is 11.1 Å². The second kappa shape index (κ2) is 9.86. The molecule has 3 aromatic carbocycles. The highest BCUT2D eigenvalue weighted by atomic mass is 19.4. The van der Waals surface area contributed by atoms with Crippen molar-refractivity contribution < 1.29 is 40.7 Å². The molecule has 0 fully saturated rings. The Morgan fingerprint density at radius 1 is 0.794 bits per heavy atom. The minimum absolute atomic E-state index is 0.0132. The number of rotatable bonds is 6. The van der Waals surface area contributed by atoms with Crippen molar-refractivity contribution in [2.45, 2.75) is 19.1 Å². The summed E-state index contributed by atoms with van der Waals surface area (Å²) >= 11 is 0. The molecule has 0 unspecified atom stereocenters. The first-order valence-electron chi connectivity index (χ1n) is 9.63. The lowest BCUT2D eigenvalue weighted by atomic mass is 10.1. The van der Waals surface area contributed by atoms with Crippen LogP contribution in [-0.4, -0.2) is 18.2 Å². The van der Waals surface area contributed by atoms with E-state index in [1.54, 1.807) is 0 Å². The zero-order valence-corrected chi connectivity index (χ0v) is 17.1. The van der Waals surface area contributed by atoms with Gasteiger partial charge in [-0.1, -0.05) is 30.3 Å². The number of alkyl halides is 6. The van der Waals surface area contributed by atoms with Gasteiger partial charge >= 0.3 is 12.5 Å². The molecule has 0 aliphatic rings. The third-order valence-electron chi connectivity index (χ3n) is 4.47. The lowest BCUT2D eigenvalue weighted by Gasteiger charge is -2.13. The molecule has 0 bridgehead atoms. The van der Waals surface area contributed by atoms with Crippen molar-refractivity contribution in [1.82, 2.24) is 5.32 Å². The molecule has 0 spiro atoms. The molecule has 3 rings (SSSR count).